The second kappa shape index (κ2) is 9.09. The molecule has 0 unspecified atom stereocenters. The standard InChI is InChI=1S/C25H20N2O4/c1-17-6-8-18(9-7-17)15-30-21-12-10-19(11-13-21)25(29)27-26-14-20-16-31-23-5-3-2-4-22(23)24(20)28/h2-14,16H,15H2,1H3,(H,27,29)/b26-14-. The van der Waals surface area contributed by atoms with Gasteiger partial charge in [-0.1, -0.05) is 42.0 Å². The minimum Gasteiger partial charge on any atom is -0.489 e. The van der Waals surface area contributed by atoms with E-state index in [4.69, 9.17) is 9.15 Å². The summed E-state index contributed by atoms with van der Waals surface area (Å²) in [6.45, 7) is 2.49. The van der Waals surface area contributed by atoms with Crippen LogP contribution in [0, 0.1) is 6.92 Å². The molecule has 4 aromatic rings. The summed E-state index contributed by atoms with van der Waals surface area (Å²) in [7, 11) is 0. The molecule has 0 saturated heterocycles. The summed E-state index contributed by atoms with van der Waals surface area (Å²) in [5.74, 6) is 0.265. The fourth-order valence-corrected chi connectivity index (χ4v) is 2.96. The van der Waals surface area contributed by atoms with E-state index in [0.717, 1.165) is 5.56 Å². The molecule has 31 heavy (non-hydrogen) atoms. The zero-order valence-electron chi connectivity index (χ0n) is 16.9. The van der Waals surface area contributed by atoms with Gasteiger partial charge >= 0.3 is 0 Å². The monoisotopic (exact) mass is 412 g/mol. The maximum absolute atomic E-state index is 12.4. The molecule has 0 bridgehead atoms. The number of aryl methyl sites for hydroxylation is 1. The molecule has 0 radical (unpaired) electrons. The number of carbonyl (C=O) groups excluding carboxylic acids is 1. The van der Waals surface area contributed by atoms with Crippen molar-refractivity contribution in [2.24, 2.45) is 5.10 Å². The fourth-order valence-electron chi connectivity index (χ4n) is 2.96. The Hall–Kier alpha value is -4.19. The summed E-state index contributed by atoms with van der Waals surface area (Å²) in [6, 6.07) is 21.8. The predicted octanol–water partition coefficient (Wildman–Crippen LogP) is 4.44. The van der Waals surface area contributed by atoms with E-state index < -0.39 is 5.91 Å². The van der Waals surface area contributed by atoms with Gasteiger partial charge in [0.25, 0.3) is 5.91 Å². The summed E-state index contributed by atoms with van der Waals surface area (Å²) < 4.78 is 11.2. The highest BCUT2D eigenvalue weighted by Crippen LogP contribution is 2.15. The first kappa shape index (κ1) is 20.1. The van der Waals surface area contributed by atoms with Crippen LogP contribution in [0.4, 0.5) is 0 Å². The van der Waals surface area contributed by atoms with Crippen molar-refractivity contribution >= 4 is 23.1 Å². The topological polar surface area (TPSA) is 80.9 Å². The molecule has 1 aromatic heterocycles. The van der Waals surface area contributed by atoms with Crippen LogP contribution in [0.15, 0.2) is 93.4 Å². The van der Waals surface area contributed by atoms with Gasteiger partial charge in [-0.3, -0.25) is 9.59 Å². The zero-order chi connectivity index (χ0) is 21.6. The molecule has 0 aliphatic carbocycles. The molecule has 3 aromatic carbocycles. The van der Waals surface area contributed by atoms with Crippen molar-refractivity contribution < 1.29 is 13.9 Å². The lowest BCUT2D eigenvalue weighted by Crippen LogP contribution is -2.18. The number of hydrogen-bond acceptors (Lipinski definition) is 5. The molecule has 1 amide bonds. The van der Waals surface area contributed by atoms with Crippen LogP contribution in [0.2, 0.25) is 0 Å². The first-order chi connectivity index (χ1) is 15.1. The van der Waals surface area contributed by atoms with Gasteiger partial charge in [0.1, 0.15) is 24.2 Å². The van der Waals surface area contributed by atoms with Gasteiger partial charge in [-0.25, -0.2) is 5.43 Å². The highest BCUT2D eigenvalue weighted by Gasteiger charge is 2.07. The van der Waals surface area contributed by atoms with Crippen LogP contribution in [0.25, 0.3) is 11.0 Å². The number of hydrogen-bond donors (Lipinski definition) is 1. The van der Waals surface area contributed by atoms with Gasteiger partial charge in [0.05, 0.1) is 17.2 Å². The van der Waals surface area contributed by atoms with Crippen molar-refractivity contribution in [3.8, 4) is 5.75 Å². The van der Waals surface area contributed by atoms with Crippen LogP contribution in [0.1, 0.15) is 27.0 Å². The molecule has 6 heteroatoms. The number of fused-ring (bicyclic) bond motifs is 1. The quantitative estimate of drug-likeness (QED) is 0.375. The molecule has 0 fully saturated rings. The normalized spacial score (nSPS) is 11.0. The second-order valence-electron chi connectivity index (χ2n) is 7.01. The van der Waals surface area contributed by atoms with Crippen molar-refractivity contribution in [1.29, 1.82) is 0 Å². The third kappa shape index (κ3) is 4.87. The van der Waals surface area contributed by atoms with Crippen molar-refractivity contribution in [2.75, 3.05) is 0 Å². The van der Waals surface area contributed by atoms with Gasteiger partial charge in [0.15, 0.2) is 0 Å². The Morgan fingerprint density at radius 1 is 1.03 bits per heavy atom. The van der Waals surface area contributed by atoms with E-state index in [1.807, 2.05) is 31.2 Å². The second-order valence-corrected chi connectivity index (χ2v) is 7.01. The Labute approximate surface area is 178 Å². The van der Waals surface area contributed by atoms with E-state index in [0.29, 0.717) is 28.9 Å². The number of nitrogens with zero attached hydrogens (tertiary/aromatic N) is 1. The van der Waals surface area contributed by atoms with E-state index in [1.165, 1.54) is 18.0 Å². The Kier molecular flexibility index (Phi) is 5.89. The molecule has 1 heterocycles. The Morgan fingerprint density at radius 2 is 1.77 bits per heavy atom. The van der Waals surface area contributed by atoms with Crippen LogP contribution in [-0.4, -0.2) is 12.1 Å². The number of nitrogens with one attached hydrogen (secondary N) is 1. The van der Waals surface area contributed by atoms with Gasteiger partial charge in [0.2, 0.25) is 5.43 Å². The van der Waals surface area contributed by atoms with Gasteiger partial charge in [-0.15, -0.1) is 0 Å². The highest BCUT2D eigenvalue weighted by atomic mass is 16.5. The average Bonchev–Trinajstić information content (AvgIpc) is 2.80. The number of hydrazone groups is 1. The lowest BCUT2D eigenvalue weighted by molar-refractivity contribution is 0.0955. The number of benzene rings is 3. The van der Waals surface area contributed by atoms with Crippen molar-refractivity contribution in [3.63, 3.8) is 0 Å². The average molecular weight is 412 g/mol. The lowest BCUT2D eigenvalue weighted by atomic mass is 10.2. The molecule has 6 nitrogen and oxygen atoms in total. The predicted molar refractivity (Wildman–Crippen MR) is 119 cm³/mol. The van der Waals surface area contributed by atoms with Crippen LogP contribution in [-0.2, 0) is 6.61 Å². The molecule has 0 spiro atoms. The molecule has 0 aliphatic heterocycles. The van der Waals surface area contributed by atoms with E-state index >= 15 is 0 Å². The Balaban J connectivity index is 1.36. The number of carbonyl (C=O) groups is 1. The van der Waals surface area contributed by atoms with Gasteiger partial charge in [-0.2, -0.15) is 5.10 Å². The Bertz CT molecular complexity index is 1290. The van der Waals surface area contributed by atoms with Crippen LogP contribution >= 0.6 is 0 Å². The zero-order valence-corrected chi connectivity index (χ0v) is 16.9. The maximum Gasteiger partial charge on any atom is 0.271 e. The van der Waals surface area contributed by atoms with Crippen LogP contribution in [0.3, 0.4) is 0 Å². The minimum atomic E-state index is -0.397. The van der Waals surface area contributed by atoms with Gasteiger partial charge in [0, 0.05) is 5.56 Å². The van der Waals surface area contributed by atoms with Gasteiger partial charge < -0.3 is 9.15 Å². The smallest absolute Gasteiger partial charge is 0.271 e. The summed E-state index contributed by atoms with van der Waals surface area (Å²) in [5.41, 5.74) is 5.64. The summed E-state index contributed by atoms with van der Waals surface area (Å²) >= 11 is 0. The molecule has 0 aliphatic rings. The highest BCUT2D eigenvalue weighted by molar-refractivity contribution is 5.95. The van der Waals surface area contributed by atoms with Crippen molar-refractivity contribution in [1.82, 2.24) is 5.43 Å². The molecule has 4 rings (SSSR count). The van der Waals surface area contributed by atoms with Crippen LogP contribution < -0.4 is 15.6 Å². The van der Waals surface area contributed by atoms with Crippen LogP contribution in [0.5, 0.6) is 5.75 Å². The molecule has 0 atom stereocenters. The number of ether oxygens (including phenoxy) is 1. The van der Waals surface area contributed by atoms with E-state index in [2.05, 4.69) is 10.5 Å². The first-order valence-corrected chi connectivity index (χ1v) is 9.72. The summed E-state index contributed by atoms with van der Waals surface area (Å²) in [5, 5.41) is 4.33. The Morgan fingerprint density at radius 3 is 2.55 bits per heavy atom. The molecule has 0 saturated carbocycles. The van der Waals surface area contributed by atoms with Gasteiger partial charge in [-0.05, 0) is 48.9 Å². The first-order valence-electron chi connectivity index (χ1n) is 9.72. The number of amides is 1. The van der Waals surface area contributed by atoms with E-state index in [-0.39, 0.29) is 11.0 Å². The minimum absolute atomic E-state index is 0.213. The SMILES string of the molecule is Cc1ccc(COc2ccc(C(=O)N/N=C\c3coc4ccccc4c3=O)cc2)cc1. The molecular weight excluding hydrogens is 392 g/mol. The third-order valence-corrected chi connectivity index (χ3v) is 4.72. The number of para-hydroxylation sites is 1. The largest absolute Gasteiger partial charge is 0.489 e. The van der Waals surface area contributed by atoms with Crippen molar-refractivity contribution in [3.05, 3.63) is 112 Å². The third-order valence-electron chi connectivity index (χ3n) is 4.72. The van der Waals surface area contributed by atoms with E-state index in [1.54, 1.807) is 48.5 Å². The molecular formula is C25H20N2O4. The number of rotatable bonds is 6. The van der Waals surface area contributed by atoms with Crippen molar-refractivity contribution in [2.45, 2.75) is 13.5 Å². The van der Waals surface area contributed by atoms with E-state index in [9.17, 15) is 9.59 Å². The molecule has 154 valence electrons. The fraction of sp³-hybridized carbons (Fsp3) is 0.0800. The lowest BCUT2D eigenvalue weighted by Gasteiger charge is -2.07. The maximum atomic E-state index is 12.4. The molecule has 1 N–H and O–H groups in total. The summed E-state index contributed by atoms with van der Waals surface area (Å²) in [6.07, 6.45) is 2.59. The summed E-state index contributed by atoms with van der Waals surface area (Å²) in [4.78, 5) is 24.7.